The fourth-order valence-corrected chi connectivity index (χ4v) is 3.60. The molecule has 0 aromatic heterocycles. The van der Waals surface area contributed by atoms with Gasteiger partial charge in [-0.1, -0.05) is 6.92 Å². The molecule has 1 aliphatic heterocycles. The molecule has 7 nitrogen and oxygen atoms in total. The molecule has 1 spiro atoms. The number of amides is 1. The van der Waals surface area contributed by atoms with Crippen LogP contribution in [0.4, 0.5) is 17.1 Å². The number of hydrogen-bond acceptors (Lipinski definition) is 5. The van der Waals surface area contributed by atoms with E-state index in [-0.39, 0.29) is 11.6 Å². The van der Waals surface area contributed by atoms with Crippen molar-refractivity contribution in [2.24, 2.45) is 5.41 Å². The van der Waals surface area contributed by atoms with Gasteiger partial charge in [0, 0.05) is 32.7 Å². The van der Waals surface area contributed by atoms with Crippen LogP contribution in [0.25, 0.3) is 0 Å². The SMILES string of the molecule is CCCNC(=O)c1cc([N+](=O)[O-])c(NC)cc1N1CCC2(CC1)CC2. The van der Waals surface area contributed by atoms with Gasteiger partial charge in [-0.25, -0.2) is 0 Å². The number of nitro groups is 1. The zero-order chi connectivity index (χ0) is 18.0. The topological polar surface area (TPSA) is 87.5 Å². The fraction of sp³-hybridized carbons (Fsp3) is 0.611. The molecule has 1 aromatic rings. The number of nitrogens with zero attached hydrogens (tertiary/aromatic N) is 2. The summed E-state index contributed by atoms with van der Waals surface area (Å²) in [5.74, 6) is -0.241. The summed E-state index contributed by atoms with van der Waals surface area (Å²) in [4.78, 5) is 25.7. The number of rotatable bonds is 6. The van der Waals surface area contributed by atoms with Gasteiger partial charge in [-0.2, -0.15) is 0 Å². The molecule has 0 atom stereocenters. The summed E-state index contributed by atoms with van der Waals surface area (Å²) in [5, 5.41) is 17.1. The Hall–Kier alpha value is -2.31. The Bertz CT molecular complexity index is 675. The molecule has 25 heavy (non-hydrogen) atoms. The summed E-state index contributed by atoms with van der Waals surface area (Å²) in [6, 6.07) is 3.16. The molecule has 0 bridgehead atoms. The molecule has 2 fully saturated rings. The molecule has 1 heterocycles. The number of anilines is 2. The molecule has 3 rings (SSSR count). The first-order valence-corrected chi connectivity index (χ1v) is 9.03. The van der Waals surface area contributed by atoms with Crippen LogP contribution in [0.5, 0.6) is 0 Å². The first-order chi connectivity index (χ1) is 12.0. The highest BCUT2D eigenvalue weighted by Gasteiger charge is 2.44. The van der Waals surface area contributed by atoms with Crippen molar-refractivity contribution in [1.29, 1.82) is 0 Å². The van der Waals surface area contributed by atoms with Crippen molar-refractivity contribution >= 4 is 23.0 Å². The molecule has 136 valence electrons. The van der Waals surface area contributed by atoms with Gasteiger partial charge in [0.1, 0.15) is 5.69 Å². The van der Waals surface area contributed by atoms with Crippen molar-refractivity contribution in [2.75, 3.05) is 36.9 Å². The number of carbonyl (C=O) groups excluding carboxylic acids is 1. The van der Waals surface area contributed by atoms with E-state index in [0.29, 0.717) is 23.2 Å². The van der Waals surface area contributed by atoms with E-state index < -0.39 is 4.92 Å². The summed E-state index contributed by atoms with van der Waals surface area (Å²) in [7, 11) is 1.67. The van der Waals surface area contributed by atoms with E-state index in [9.17, 15) is 14.9 Å². The second kappa shape index (κ2) is 6.90. The second-order valence-corrected chi connectivity index (χ2v) is 7.14. The van der Waals surface area contributed by atoms with Crippen molar-refractivity contribution in [1.82, 2.24) is 5.32 Å². The lowest BCUT2D eigenvalue weighted by Crippen LogP contribution is -2.36. The molecule has 1 saturated carbocycles. The third kappa shape index (κ3) is 3.55. The molecule has 2 aliphatic rings. The van der Waals surface area contributed by atoms with Gasteiger partial charge in [0.15, 0.2) is 0 Å². The van der Waals surface area contributed by atoms with Gasteiger partial charge in [0.25, 0.3) is 11.6 Å². The monoisotopic (exact) mass is 346 g/mol. The molecule has 1 aliphatic carbocycles. The lowest BCUT2D eigenvalue weighted by molar-refractivity contribution is -0.383. The molecule has 0 unspecified atom stereocenters. The van der Waals surface area contributed by atoms with Gasteiger partial charge in [0.2, 0.25) is 0 Å². The molecule has 0 radical (unpaired) electrons. The summed E-state index contributed by atoms with van der Waals surface area (Å²) in [5.41, 5.74) is 2.10. The standard InChI is InChI=1S/C18H26N4O3/c1-3-8-20-17(23)13-11-16(22(24)25)14(19-2)12-15(13)21-9-6-18(4-5-18)7-10-21/h11-12,19H,3-10H2,1-2H3,(H,20,23). The maximum absolute atomic E-state index is 12.6. The molecular formula is C18H26N4O3. The molecular weight excluding hydrogens is 320 g/mol. The molecule has 1 aromatic carbocycles. The maximum atomic E-state index is 12.6. The average molecular weight is 346 g/mol. The van der Waals surface area contributed by atoms with Crippen molar-refractivity contribution in [3.63, 3.8) is 0 Å². The zero-order valence-electron chi connectivity index (χ0n) is 14.9. The maximum Gasteiger partial charge on any atom is 0.293 e. The van der Waals surface area contributed by atoms with Gasteiger partial charge >= 0.3 is 0 Å². The van der Waals surface area contributed by atoms with E-state index >= 15 is 0 Å². The zero-order valence-corrected chi connectivity index (χ0v) is 14.9. The Morgan fingerprint density at radius 1 is 1.28 bits per heavy atom. The summed E-state index contributed by atoms with van der Waals surface area (Å²) < 4.78 is 0. The predicted octanol–water partition coefficient (Wildman–Crippen LogP) is 3.16. The van der Waals surface area contributed by atoms with Crippen molar-refractivity contribution < 1.29 is 9.72 Å². The van der Waals surface area contributed by atoms with Gasteiger partial charge in [-0.3, -0.25) is 14.9 Å². The number of nitro benzene ring substituents is 1. The Kier molecular flexibility index (Phi) is 4.83. The summed E-state index contributed by atoms with van der Waals surface area (Å²) in [6.07, 6.45) is 5.72. The predicted molar refractivity (Wildman–Crippen MR) is 98.4 cm³/mol. The number of nitrogens with one attached hydrogen (secondary N) is 2. The number of hydrogen-bond donors (Lipinski definition) is 2. The smallest absolute Gasteiger partial charge is 0.293 e. The minimum Gasteiger partial charge on any atom is -0.383 e. The van der Waals surface area contributed by atoms with Crippen LogP contribution in [0.2, 0.25) is 0 Å². The highest BCUT2D eigenvalue weighted by Crippen LogP contribution is 2.54. The third-order valence-electron chi connectivity index (χ3n) is 5.48. The fourth-order valence-electron chi connectivity index (χ4n) is 3.60. The van der Waals surface area contributed by atoms with E-state index in [1.54, 1.807) is 13.1 Å². The van der Waals surface area contributed by atoms with Crippen LogP contribution < -0.4 is 15.5 Å². The van der Waals surface area contributed by atoms with E-state index in [1.807, 2.05) is 6.92 Å². The minimum atomic E-state index is -0.443. The van der Waals surface area contributed by atoms with Gasteiger partial charge in [0.05, 0.1) is 16.2 Å². The van der Waals surface area contributed by atoms with Gasteiger partial charge in [-0.15, -0.1) is 0 Å². The van der Waals surface area contributed by atoms with Crippen LogP contribution in [0, 0.1) is 15.5 Å². The molecule has 1 amide bonds. The van der Waals surface area contributed by atoms with Crippen LogP contribution in [0.15, 0.2) is 12.1 Å². The summed E-state index contributed by atoms with van der Waals surface area (Å²) >= 11 is 0. The van der Waals surface area contributed by atoms with Crippen LogP contribution in [-0.4, -0.2) is 37.5 Å². The third-order valence-corrected chi connectivity index (χ3v) is 5.48. The Morgan fingerprint density at radius 2 is 1.96 bits per heavy atom. The van der Waals surface area contributed by atoms with Crippen LogP contribution >= 0.6 is 0 Å². The summed E-state index contributed by atoms with van der Waals surface area (Å²) in [6.45, 7) is 4.33. The lowest BCUT2D eigenvalue weighted by atomic mass is 9.92. The van der Waals surface area contributed by atoms with E-state index in [0.717, 1.165) is 38.0 Å². The quantitative estimate of drug-likeness (QED) is 0.610. The minimum absolute atomic E-state index is 0.0661. The second-order valence-electron chi connectivity index (χ2n) is 7.14. The van der Waals surface area contributed by atoms with Crippen LogP contribution in [-0.2, 0) is 0 Å². The van der Waals surface area contributed by atoms with Crippen LogP contribution in [0.1, 0.15) is 49.4 Å². The van der Waals surface area contributed by atoms with E-state index in [2.05, 4.69) is 15.5 Å². The van der Waals surface area contributed by atoms with Crippen LogP contribution in [0.3, 0.4) is 0 Å². The van der Waals surface area contributed by atoms with Gasteiger partial charge < -0.3 is 15.5 Å². The Balaban J connectivity index is 1.95. The molecule has 1 saturated heterocycles. The molecule has 7 heteroatoms. The first kappa shape index (κ1) is 17.5. The van der Waals surface area contributed by atoms with Crippen molar-refractivity contribution in [3.8, 4) is 0 Å². The highest BCUT2D eigenvalue weighted by molar-refractivity contribution is 6.02. The average Bonchev–Trinajstić information content (AvgIpc) is 3.38. The van der Waals surface area contributed by atoms with E-state index in [4.69, 9.17) is 0 Å². The first-order valence-electron chi connectivity index (χ1n) is 9.03. The largest absolute Gasteiger partial charge is 0.383 e. The highest BCUT2D eigenvalue weighted by atomic mass is 16.6. The lowest BCUT2D eigenvalue weighted by Gasteiger charge is -2.35. The number of benzene rings is 1. The molecule has 2 N–H and O–H groups in total. The Labute approximate surface area is 147 Å². The Morgan fingerprint density at radius 3 is 2.48 bits per heavy atom. The number of piperidine rings is 1. The number of carbonyl (C=O) groups is 1. The van der Waals surface area contributed by atoms with E-state index in [1.165, 1.54) is 18.9 Å². The normalized spacial score (nSPS) is 18.1. The van der Waals surface area contributed by atoms with Gasteiger partial charge in [-0.05, 0) is 43.6 Å². The van der Waals surface area contributed by atoms with Crippen molar-refractivity contribution in [2.45, 2.75) is 39.0 Å². The van der Waals surface area contributed by atoms with Crippen molar-refractivity contribution in [3.05, 3.63) is 27.8 Å².